The number of benzene rings is 2. The fraction of sp³-hybridized carbons (Fsp3) is 0.350. The van der Waals surface area contributed by atoms with E-state index >= 15 is 0 Å². The zero-order valence-electron chi connectivity index (χ0n) is 13.4. The van der Waals surface area contributed by atoms with E-state index < -0.39 is 0 Å². The van der Waals surface area contributed by atoms with Crippen LogP contribution in [-0.2, 0) is 11.2 Å². The van der Waals surface area contributed by atoms with Crippen molar-refractivity contribution in [2.24, 2.45) is 0 Å². The first-order valence-electron chi connectivity index (χ1n) is 8.22. The largest absolute Gasteiger partial charge is 0.427 e. The summed E-state index contributed by atoms with van der Waals surface area (Å²) in [6, 6.07) is 19.3. The van der Waals surface area contributed by atoms with Crippen molar-refractivity contribution < 1.29 is 14.6 Å². The van der Waals surface area contributed by atoms with E-state index in [9.17, 15) is 9.90 Å². The molecular formula is C20H24O3. The number of hydrogen-bond donors (Lipinski definition) is 1. The number of rotatable bonds is 9. The molecule has 1 atom stereocenters. The van der Waals surface area contributed by atoms with Crippen LogP contribution in [-0.4, -0.2) is 17.2 Å². The monoisotopic (exact) mass is 312 g/mol. The molecule has 2 aromatic carbocycles. The fourth-order valence-corrected chi connectivity index (χ4v) is 2.44. The number of carbonyl (C=O) groups excluding carboxylic acids is 1. The van der Waals surface area contributed by atoms with Crippen LogP contribution in [0.15, 0.2) is 60.7 Å². The molecular weight excluding hydrogens is 288 g/mol. The molecule has 0 aliphatic rings. The number of unbranched alkanes of at least 4 members (excludes halogenated alkanes) is 1. The van der Waals surface area contributed by atoms with Gasteiger partial charge in [0.15, 0.2) is 0 Å². The van der Waals surface area contributed by atoms with Crippen LogP contribution in [0.25, 0.3) is 0 Å². The van der Waals surface area contributed by atoms with Gasteiger partial charge < -0.3 is 9.84 Å². The molecule has 0 fully saturated rings. The quantitative estimate of drug-likeness (QED) is 0.430. The van der Waals surface area contributed by atoms with Gasteiger partial charge in [0.1, 0.15) is 5.75 Å². The van der Waals surface area contributed by atoms with E-state index in [1.54, 1.807) is 12.1 Å². The average Bonchev–Trinajstić information content (AvgIpc) is 2.59. The second kappa shape index (κ2) is 9.80. The molecule has 0 saturated carbocycles. The number of esters is 1. The first-order valence-corrected chi connectivity index (χ1v) is 8.22. The summed E-state index contributed by atoms with van der Waals surface area (Å²) < 4.78 is 5.23. The van der Waals surface area contributed by atoms with Crippen LogP contribution >= 0.6 is 0 Å². The van der Waals surface area contributed by atoms with Crippen molar-refractivity contribution in [3.63, 3.8) is 0 Å². The van der Waals surface area contributed by atoms with Crippen LogP contribution in [0.3, 0.4) is 0 Å². The van der Waals surface area contributed by atoms with Crippen molar-refractivity contribution in [2.75, 3.05) is 0 Å². The second-order valence-corrected chi connectivity index (χ2v) is 5.71. The van der Waals surface area contributed by atoms with E-state index in [-0.39, 0.29) is 12.1 Å². The SMILES string of the molecule is O=C(CCCCC(O)CCc1ccccc1)Oc1ccccc1. The second-order valence-electron chi connectivity index (χ2n) is 5.71. The molecule has 0 aliphatic heterocycles. The maximum Gasteiger partial charge on any atom is 0.311 e. The summed E-state index contributed by atoms with van der Waals surface area (Å²) in [7, 11) is 0. The van der Waals surface area contributed by atoms with Crippen LogP contribution in [0, 0.1) is 0 Å². The van der Waals surface area contributed by atoms with Crippen molar-refractivity contribution in [3.05, 3.63) is 66.2 Å². The topological polar surface area (TPSA) is 46.5 Å². The zero-order valence-corrected chi connectivity index (χ0v) is 13.4. The predicted molar refractivity (Wildman–Crippen MR) is 91.3 cm³/mol. The Morgan fingerprint density at radius 1 is 0.913 bits per heavy atom. The van der Waals surface area contributed by atoms with Crippen molar-refractivity contribution in [1.82, 2.24) is 0 Å². The summed E-state index contributed by atoms with van der Waals surface area (Å²) in [5.74, 6) is 0.371. The highest BCUT2D eigenvalue weighted by molar-refractivity contribution is 5.72. The minimum atomic E-state index is -0.305. The standard InChI is InChI=1S/C20H24O3/c21-18(16-15-17-9-3-1-4-10-17)11-7-8-14-20(22)23-19-12-5-2-6-13-19/h1-6,9-10,12-13,18,21H,7-8,11,14-16H2. The molecule has 1 unspecified atom stereocenters. The Hall–Kier alpha value is -2.13. The molecule has 0 aliphatic carbocycles. The van der Waals surface area contributed by atoms with Crippen LogP contribution < -0.4 is 4.74 Å². The average molecular weight is 312 g/mol. The van der Waals surface area contributed by atoms with Crippen LogP contribution in [0.1, 0.15) is 37.7 Å². The van der Waals surface area contributed by atoms with E-state index in [0.717, 1.165) is 32.1 Å². The highest BCUT2D eigenvalue weighted by atomic mass is 16.5. The van der Waals surface area contributed by atoms with Gasteiger partial charge in [-0.15, -0.1) is 0 Å². The molecule has 0 aromatic heterocycles. The van der Waals surface area contributed by atoms with Crippen molar-refractivity contribution in [1.29, 1.82) is 0 Å². The molecule has 0 amide bonds. The number of aliphatic hydroxyl groups is 1. The molecule has 0 radical (unpaired) electrons. The Labute approximate surface area is 137 Å². The van der Waals surface area contributed by atoms with Gasteiger partial charge in [-0.25, -0.2) is 0 Å². The van der Waals surface area contributed by atoms with E-state index in [2.05, 4.69) is 12.1 Å². The number of hydrogen-bond acceptors (Lipinski definition) is 3. The molecule has 0 saturated heterocycles. The van der Waals surface area contributed by atoms with E-state index in [1.165, 1.54) is 5.56 Å². The Kier molecular flexibility index (Phi) is 7.34. The first-order chi connectivity index (χ1) is 11.2. The Morgan fingerprint density at radius 3 is 2.26 bits per heavy atom. The number of para-hydroxylation sites is 1. The van der Waals surface area contributed by atoms with Crippen LogP contribution in [0.5, 0.6) is 5.75 Å². The van der Waals surface area contributed by atoms with Gasteiger partial charge in [-0.05, 0) is 43.4 Å². The third kappa shape index (κ3) is 7.11. The highest BCUT2D eigenvalue weighted by Crippen LogP contribution is 2.13. The molecule has 1 N–H and O–H groups in total. The van der Waals surface area contributed by atoms with Crippen molar-refractivity contribution >= 4 is 5.97 Å². The van der Waals surface area contributed by atoms with Gasteiger partial charge in [0.2, 0.25) is 0 Å². The van der Waals surface area contributed by atoms with E-state index in [1.807, 2.05) is 36.4 Å². The third-order valence-corrected chi connectivity index (χ3v) is 3.75. The smallest absolute Gasteiger partial charge is 0.311 e. The molecule has 2 aromatic rings. The summed E-state index contributed by atoms with van der Waals surface area (Å²) in [6.07, 6.45) is 4.04. The molecule has 0 heterocycles. The van der Waals surface area contributed by atoms with Gasteiger partial charge in [0, 0.05) is 6.42 Å². The lowest BCUT2D eigenvalue weighted by Gasteiger charge is -2.10. The van der Waals surface area contributed by atoms with Gasteiger partial charge in [-0.3, -0.25) is 4.79 Å². The summed E-state index contributed by atoms with van der Waals surface area (Å²) in [6.45, 7) is 0. The normalized spacial score (nSPS) is 11.9. The molecule has 122 valence electrons. The Balaban J connectivity index is 1.55. The first kappa shape index (κ1) is 17.2. The molecule has 3 nitrogen and oxygen atoms in total. The van der Waals surface area contributed by atoms with Crippen molar-refractivity contribution in [3.8, 4) is 5.75 Å². The van der Waals surface area contributed by atoms with E-state index in [4.69, 9.17) is 4.74 Å². The van der Waals surface area contributed by atoms with Gasteiger partial charge in [0.25, 0.3) is 0 Å². The Bertz CT molecular complexity index is 566. The summed E-state index contributed by atoms with van der Waals surface area (Å²) in [5.41, 5.74) is 1.25. The molecule has 0 bridgehead atoms. The fourth-order valence-electron chi connectivity index (χ4n) is 2.44. The lowest BCUT2D eigenvalue weighted by atomic mass is 10.0. The van der Waals surface area contributed by atoms with Gasteiger partial charge >= 0.3 is 5.97 Å². The highest BCUT2D eigenvalue weighted by Gasteiger charge is 2.07. The number of aliphatic hydroxyl groups excluding tert-OH is 1. The summed E-state index contributed by atoms with van der Waals surface area (Å²) in [5, 5.41) is 9.99. The third-order valence-electron chi connectivity index (χ3n) is 3.75. The number of carbonyl (C=O) groups is 1. The molecule has 0 spiro atoms. The predicted octanol–water partition coefficient (Wildman–Crippen LogP) is 4.15. The van der Waals surface area contributed by atoms with E-state index in [0.29, 0.717) is 12.2 Å². The molecule has 3 heteroatoms. The number of ether oxygens (including phenoxy) is 1. The van der Waals surface area contributed by atoms with Crippen LogP contribution in [0.2, 0.25) is 0 Å². The zero-order chi connectivity index (χ0) is 16.3. The number of aryl methyl sites for hydroxylation is 1. The lowest BCUT2D eigenvalue weighted by Crippen LogP contribution is -2.10. The lowest BCUT2D eigenvalue weighted by molar-refractivity contribution is -0.134. The maximum absolute atomic E-state index is 11.7. The minimum absolute atomic E-state index is 0.213. The summed E-state index contributed by atoms with van der Waals surface area (Å²) >= 11 is 0. The molecule has 2 rings (SSSR count). The summed E-state index contributed by atoms with van der Waals surface area (Å²) in [4.78, 5) is 11.7. The van der Waals surface area contributed by atoms with Crippen molar-refractivity contribution in [2.45, 2.75) is 44.6 Å². The van der Waals surface area contributed by atoms with Crippen LogP contribution in [0.4, 0.5) is 0 Å². The van der Waals surface area contributed by atoms with Gasteiger partial charge in [-0.2, -0.15) is 0 Å². The molecule has 23 heavy (non-hydrogen) atoms. The van der Waals surface area contributed by atoms with Gasteiger partial charge in [0.05, 0.1) is 6.10 Å². The minimum Gasteiger partial charge on any atom is -0.427 e. The Morgan fingerprint density at radius 2 is 1.57 bits per heavy atom. The van der Waals surface area contributed by atoms with Gasteiger partial charge in [-0.1, -0.05) is 55.0 Å². The maximum atomic E-state index is 11.7.